The molecule has 3 heterocycles. The monoisotopic (exact) mass is 332 g/mol. The van der Waals surface area contributed by atoms with Crippen LogP contribution in [0.1, 0.15) is 56.6 Å². The Morgan fingerprint density at radius 2 is 2.08 bits per heavy atom. The van der Waals surface area contributed by atoms with E-state index >= 15 is 0 Å². The molecule has 1 saturated carbocycles. The number of carbonyl (C=O) groups excluding carboxylic acids is 1. The fraction of sp³-hybridized carbons (Fsp3) is 0.778. The summed E-state index contributed by atoms with van der Waals surface area (Å²) in [7, 11) is 1.91. The number of carbonyl (C=O) groups is 1. The third kappa shape index (κ3) is 3.04. The number of urea groups is 1. The highest BCUT2D eigenvalue weighted by atomic mass is 16.5. The first-order chi connectivity index (χ1) is 11.7. The number of nitrogens with one attached hydrogen (secondary N) is 1. The number of aromatic nitrogens is 2. The quantitative estimate of drug-likeness (QED) is 0.925. The highest BCUT2D eigenvalue weighted by Crippen LogP contribution is 2.36. The van der Waals surface area contributed by atoms with Gasteiger partial charge in [-0.2, -0.15) is 5.10 Å². The maximum atomic E-state index is 12.9. The predicted octanol–water partition coefficient (Wildman–Crippen LogP) is 2.61. The van der Waals surface area contributed by atoms with Crippen LogP contribution in [-0.4, -0.2) is 45.9 Å². The molecule has 0 aromatic carbocycles. The SMILES string of the molecule is Cn1cc([C@@H]2OCC[C@H]2NC(=O)N2CCCC2C2CCCC2)cn1. The Balaban J connectivity index is 1.41. The van der Waals surface area contributed by atoms with E-state index in [-0.39, 0.29) is 18.2 Å². The lowest BCUT2D eigenvalue weighted by molar-refractivity contribution is 0.0968. The lowest BCUT2D eigenvalue weighted by Crippen LogP contribution is -2.49. The Bertz CT molecular complexity index is 581. The summed E-state index contributed by atoms with van der Waals surface area (Å²) in [4.78, 5) is 15.0. The largest absolute Gasteiger partial charge is 0.371 e. The molecule has 3 atom stereocenters. The van der Waals surface area contributed by atoms with E-state index in [1.54, 1.807) is 4.68 Å². The smallest absolute Gasteiger partial charge is 0.317 e. The van der Waals surface area contributed by atoms with Gasteiger partial charge in [0.2, 0.25) is 0 Å². The van der Waals surface area contributed by atoms with Gasteiger partial charge in [-0.05, 0) is 38.0 Å². The zero-order chi connectivity index (χ0) is 16.5. The van der Waals surface area contributed by atoms with Gasteiger partial charge in [-0.15, -0.1) is 0 Å². The van der Waals surface area contributed by atoms with Crippen molar-refractivity contribution in [3.8, 4) is 0 Å². The van der Waals surface area contributed by atoms with Crippen LogP contribution in [0.4, 0.5) is 4.79 Å². The number of ether oxygens (including phenoxy) is 1. The van der Waals surface area contributed by atoms with Crippen LogP contribution in [0.2, 0.25) is 0 Å². The van der Waals surface area contributed by atoms with Gasteiger partial charge in [0.05, 0.1) is 12.2 Å². The van der Waals surface area contributed by atoms with E-state index in [0.717, 1.165) is 24.9 Å². The van der Waals surface area contributed by atoms with E-state index in [4.69, 9.17) is 4.74 Å². The van der Waals surface area contributed by atoms with E-state index in [1.807, 2.05) is 19.4 Å². The Labute approximate surface area is 143 Å². The molecule has 6 nitrogen and oxygen atoms in total. The molecule has 132 valence electrons. The van der Waals surface area contributed by atoms with Crippen LogP contribution < -0.4 is 5.32 Å². The minimum Gasteiger partial charge on any atom is -0.371 e. The van der Waals surface area contributed by atoms with Crippen molar-refractivity contribution in [2.45, 2.75) is 63.1 Å². The number of likely N-dealkylation sites (tertiary alicyclic amines) is 1. The van der Waals surface area contributed by atoms with Crippen LogP contribution in [0, 0.1) is 5.92 Å². The number of rotatable bonds is 3. The van der Waals surface area contributed by atoms with Crippen LogP contribution >= 0.6 is 0 Å². The molecule has 1 unspecified atom stereocenters. The summed E-state index contributed by atoms with van der Waals surface area (Å²) in [5.74, 6) is 0.715. The molecule has 24 heavy (non-hydrogen) atoms. The second-order valence-corrected chi connectivity index (χ2v) is 7.53. The van der Waals surface area contributed by atoms with Gasteiger partial charge in [-0.25, -0.2) is 4.79 Å². The Kier molecular flexibility index (Phi) is 4.48. The van der Waals surface area contributed by atoms with E-state index in [1.165, 1.54) is 32.1 Å². The molecule has 3 aliphatic rings. The highest BCUT2D eigenvalue weighted by molar-refractivity contribution is 5.75. The molecule has 2 saturated heterocycles. The van der Waals surface area contributed by atoms with Gasteiger partial charge < -0.3 is 15.0 Å². The van der Waals surface area contributed by atoms with Crippen molar-refractivity contribution in [1.29, 1.82) is 0 Å². The summed E-state index contributed by atoms with van der Waals surface area (Å²) in [6, 6.07) is 0.604. The van der Waals surface area contributed by atoms with Crippen molar-refractivity contribution in [3.05, 3.63) is 18.0 Å². The van der Waals surface area contributed by atoms with Gasteiger partial charge in [-0.1, -0.05) is 12.8 Å². The maximum Gasteiger partial charge on any atom is 0.317 e. The molecule has 2 amide bonds. The fourth-order valence-electron chi connectivity index (χ4n) is 4.77. The van der Waals surface area contributed by atoms with Crippen molar-refractivity contribution >= 4 is 6.03 Å². The maximum absolute atomic E-state index is 12.9. The number of nitrogens with zero attached hydrogens (tertiary/aromatic N) is 3. The topological polar surface area (TPSA) is 59.4 Å². The van der Waals surface area contributed by atoms with Crippen LogP contribution in [0.3, 0.4) is 0 Å². The van der Waals surface area contributed by atoms with Gasteiger partial charge in [0.25, 0.3) is 0 Å². The average Bonchev–Trinajstić information content (AvgIpc) is 3.34. The van der Waals surface area contributed by atoms with E-state index in [2.05, 4.69) is 15.3 Å². The number of hydrogen-bond acceptors (Lipinski definition) is 3. The van der Waals surface area contributed by atoms with Crippen LogP contribution in [-0.2, 0) is 11.8 Å². The van der Waals surface area contributed by atoms with E-state index < -0.39 is 0 Å². The van der Waals surface area contributed by atoms with Gasteiger partial charge >= 0.3 is 6.03 Å². The van der Waals surface area contributed by atoms with Crippen molar-refractivity contribution in [1.82, 2.24) is 20.0 Å². The van der Waals surface area contributed by atoms with Crippen molar-refractivity contribution < 1.29 is 9.53 Å². The summed E-state index contributed by atoms with van der Waals surface area (Å²) in [5.41, 5.74) is 1.05. The number of aryl methyl sites for hydroxylation is 1. The molecule has 1 aromatic heterocycles. The molecule has 0 spiro atoms. The highest BCUT2D eigenvalue weighted by Gasteiger charge is 2.38. The molecular weight excluding hydrogens is 304 g/mol. The molecule has 0 radical (unpaired) electrons. The Hall–Kier alpha value is -1.56. The predicted molar refractivity (Wildman–Crippen MR) is 90.5 cm³/mol. The second-order valence-electron chi connectivity index (χ2n) is 7.53. The Morgan fingerprint density at radius 1 is 1.25 bits per heavy atom. The lowest BCUT2D eigenvalue weighted by Gasteiger charge is -2.31. The molecule has 0 bridgehead atoms. The number of hydrogen-bond donors (Lipinski definition) is 1. The second kappa shape index (κ2) is 6.75. The average molecular weight is 332 g/mol. The molecule has 6 heteroatoms. The molecule has 4 rings (SSSR count). The first-order valence-corrected chi connectivity index (χ1v) is 9.39. The van der Waals surface area contributed by atoms with Crippen molar-refractivity contribution in [2.24, 2.45) is 13.0 Å². The van der Waals surface area contributed by atoms with E-state index in [0.29, 0.717) is 18.6 Å². The minimum absolute atomic E-state index is 0.0477. The lowest BCUT2D eigenvalue weighted by atomic mass is 9.96. The van der Waals surface area contributed by atoms with Crippen LogP contribution in [0.5, 0.6) is 0 Å². The third-order valence-corrected chi connectivity index (χ3v) is 5.96. The summed E-state index contributed by atoms with van der Waals surface area (Å²) in [5, 5.41) is 7.49. The van der Waals surface area contributed by atoms with Crippen molar-refractivity contribution in [3.63, 3.8) is 0 Å². The molecule has 3 fully saturated rings. The zero-order valence-corrected chi connectivity index (χ0v) is 14.5. The van der Waals surface area contributed by atoms with Crippen LogP contribution in [0.25, 0.3) is 0 Å². The van der Waals surface area contributed by atoms with Gasteiger partial charge in [0, 0.05) is 38.0 Å². The summed E-state index contributed by atoms with van der Waals surface area (Å²) in [6.45, 7) is 1.59. The van der Waals surface area contributed by atoms with Gasteiger partial charge in [0.15, 0.2) is 0 Å². The first-order valence-electron chi connectivity index (χ1n) is 9.39. The summed E-state index contributed by atoms with van der Waals surface area (Å²) < 4.78 is 7.65. The molecule has 1 aromatic rings. The summed E-state index contributed by atoms with van der Waals surface area (Å²) in [6.07, 6.45) is 12.2. The van der Waals surface area contributed by atoms with Crippen molar-refractivity contribution in [2.75, 3.05) is 13.2 Å². The standard InChI is InChI=1S/C18H28N4O2/c1-21-12-14(11-19-21)17-15(8-10-24-17)20-18(23)22-9-4-7-16(22)13-5-2-3-6-13/h11-13,15-17H,2-10H2,1H3,(H,20,23)/t15-,16?,17+/m1/s1. The summed E-state index contributed by atoms with van der Waals surface area (Å²) >= 11 is 0. The van der Waals surface area contributed by atoms with E-state index in [9.17, 15) is 4.79 Å². The molecular formula is C18H28N4O2. The molecule has 2 aliphatic heterocycles. The minimum atomic E-state index is -0.0739. The first kappa shape index (κ1) is 15.9. The zero-order valence-electron chi connectivity index (χ0n) is 14.5. The fourth-order valence-corrected chi connectivity index (χ4v) is 4.77. The van der Waals surface area contributed by atoms with Crippen LogP contribution in [0.15, 0.2) is 12.4 Å². The van der Waals surface area contributed by atoms with Gasteiger partial charge in [0.1, 0.15) is 6.10 Å². The molecule has 1 N–H and O–H groups in total. The normalized spacial score (nSPS) is 31.0. The number of amides is 2. The molecule has 1 aliphatic carbocycles. The van der Waals surface area contributed by atoms with Gasteiger partial charge in [-0.3, -0.25) is 4.68 Å². The third-order valence-electron chi connectivity index (χ3n) is 5.96. The Morgan fingerprint density at radius 3 is 2.83 bits per heavy atom.